The minimum Gasteiger partial charge on any atom is -0.481 e. The van der Waals surface area contributed by atoms with Crippen molar-refractivity contribution in [1.29, 1.82) is 0 Å². The maximum atomic E-state index is 12.3. The Labute approximate surface area is 133 Å². The van der Waals surface area contributed by atoms with Crippen molar-refractivity contribution >= 4 is 28.9 Å². The van der Waals surface area contributed by atoms with Gasteiger partial charge in [-0.25, -0.2) is 4.98 Å². The molecule has 1 aromatic carbocycles. The predicted molar refractivity (Wildman–Crippen MR) is 86.3 cm³/mol. The van der Waals surface area contributed by atoms with E-state index >= 15 is 0 Å². The van der Waals surface area contributed by atoms with Crippen molar-refractivity contribution in [2.45, 2.75) is 32.6 Å². The molecule has 116 valence electrons. The van der Waals surface area contributed by atoms with E-state index in [1.54, 1.807) is 6.92 Å². The normalized spacial score (nSPS) is 11.9. The topological polar surface area (TPSA) is 79.3 Å². The van der Waals surface area contributed by atoms with Crippen LogP contribution in [0.25, 0.3) is 0 Å². The molecule has 1 unspecified atom stereocenters. The quantitative estimate of drug-likeness (QED) is 0.857. The van der Waals surface area contributed by atoms with Gasteiger partial charge in [-0.15, -0.1) is 11.3 Å². The first-order valence-corrected chi connectivity index (χ1v) is 7.83. The molecule has 0 bridgehead atoms. The number of carbonyl (C=O) groups excluding carboxylic acids is 1. The van der Waals surface area contributed by atoms with Gasteiger partial charge in [-0.3, -0.25) is 9.59 Å². The van der Waals surface area contributed by atoms with Crippen LogP contribution in [0.15, 0.2) is 30.3 Å². The Hall–Kier alpha value is -2.21. The maximum absolute atomic E-state index is 12.3. The summed E-state index contributed by atoms with van der Waals surface area (Å²) in [6, 6.07) is 9.26. The van der Waals surface area contributed by atoms with Gasteiger partial charge in [0.25, 0.3) is 0 Å². The fourth-order valence-electron chi connectivity index (χ4n) is 1.97. The molecule has 1 atom stereocenters. The van der Waals surface area contributed by atoms with Gasteiger partial charge in [-0.05, 0) is 32.4 Å². The zero-order valence-electron chi connectivity index (χ0n) is 12.5. The first-order valence-electron chi connectivity index (χ1n) is 7.01. The van der Waals surface area contributed by atoms with Crippen molar-refractivity contribution in [3.63, 3.8) is 0 Å². The molecule has 2 aromatic rings. The van der Waals surface area contributed by atoms with Crippen LogP contribution >= 0.6 is 11.3 Å². The molecule has 0 radical (unpaired) electrons. The van der Waals surface area contributed by atoms with Crippen LogP contribution in [0, 0.1) is 6.92 Å². The number of aryl methyl sites for hydroxylation is 2. The number of amides is 1. The summed E-state index contributed by atoms with van der Waals surface area (Å²) in [4.78, 5) is 28.3. The van der Waals surface area contributed by atoms with Gasteiger partial charge in [-0.2, -0.15) is 0 Å². The third-order valence-electron chi connectivity index (χ3n) is 3.28. The zero-order chi connectivity index (χ0) is 16.1. The largest absolute Gasteiger partial charge is 0.481 e. The smallest absolute Gasteiger partial charge is 0.303 e. The number of anilines is 1. The molecule has 2 N–H and O–H groups in total. The summed E-state index contributed by atoms with van der Waals surface area (Å²) in [5.74, 6) is -1.32. The van der Waals surface area contributed by atoms with Gasteiger partial charge in [0.2, 0.25) is 5.91 Å². The van der Waals surface area contributed by atoms with Crippen LogP contribution in [0.2, 0.25) is 0 Å². The summed E-state index contributed by atoms with van der Waals surface area (Å²) in [5, 5.41) is 12.3. The number of rotatable bonds is 6. The first kappa shape index (κ1) is 16.2. The average Bonchev–Trinajstić information content (AvgIpc) is 2.86. The molecule has 0 aliphatic carbocycles. The molecule has 1 aromatic heterocycles. The van der Waals surface area contributed by atoms with E-state index < -0.39 is 5.97 Å². The van der Waals surface area contributed by atoms with Crippen molar-refractivity contribution in [2.75, 3.05) is 5.32 Å². The summed E-state index contributed by atoms with van der Waals surface area (Å²) in [5.41, 5.74) is 1.55. The van der Waals surface area contributed by atoms with Crippen molar-refractivity contribution in [3.05, 3.63) is 45.9 Å². The Kier molecular flexibility index (Phi) is 5.27. The third kappa shape index (κ3) is 4.14. The predicted octanol–water partition coefficient (Wildman–Crippen LogP) is 3.21. The van der Waals surface area contributed by atoms with Crippen LogP contribution in [-0.2, 0) is 16.0 Å². The molecule has 0 saturated heterocycles. The number of carbonyl (C=O) groups is 2. The van der Waals surface area contributed by atoms with Crippen LogP contribution < -0.4 is 5.32 Å². The van der Waals surface area contributed by atoms with E-state index in [1.807, 2.05) is 37.3 Å². The molecule has 1 heterocycles. The van der Waals surface area contributed by atoms with Crippen molar-refractivity contribution < 1.29 is 14.7 Å². The van der Waals surface area contributed by atoms with Crippen molar-refractivity contribution in [3.8, 4) is 0 Å². The van der Waals surface area contributed by atoms with Crippen LogP contribution in [0.1, 0.15) is 34.8 Å². The highest BCUT2D eigenvalue weighted by molar-refractivity contribution is 7.12. The fourth-order valence-corrected chi connectivity index (χ4v) is 3.09. The highest BCUT2D eigenvalue weighted by atomic mass is 32.1. The van der Waals surface area contributed by atoms with Gasteiger partial charge in [-0.1, -0.05) is 18.2 Å². The van der Waals surface area contributed by atoms with Gasteiger partial charge in [0.15, 0.2) is 0 Å². The number of hydrogen-bond acceptors (Lipinski definition) is 4. The minimum atomic E-state index is -0.829. The number of para-hydroxylation sites is 1. The second-order valence-electron chi connectivity index (χ2n) is 5.03. The number of carboxylic acid groups (broad SMARTS) is 1. The number of aliphatic carboxylic acids is 1. The summed E-state index contributed by atoms with van der Waals surface area (Å²) in [6.45, 7) is 3.65. The first-order chi connectivity index (χ1) is 10.5. The van der Waals surface area contributed by atoms with E-state index in [0.717, 1.165) is 16.3 Å². The molecule has 0 saturated carbocycles. The van der Waals surface area contributed by atoms with Crippen LogP contribution in [0.5, 0.6) is 0 Å². The Morgan fingerprint density at radius 1 is 1.32 bits per heavy atom. The fraction of sp³-hybridized carbons (Fsp3) is 0.312. The lowest BCUT2D eigenvalue weighted by Gasteiger charge is -2.09. The number of aromatic nitrogens is 1. The van der Waals surface area contributed by atoms with E-state index in [2.05, 4.69) is 10.3 Å². The second kappa shape index (κ2) is 7.17. The number of thiazole rings is 1. The molecule has 0 aliphatic heterocycles. The van der Waals surface area contributed by atoms with Crippen molar-refractivity contribution in [1.82, 2.24) is 4.98 Å². The highest BCUT2D eigenvalue weighted by Gasteiger charge is 2.20. The molecule has 2 rings (SSSR count). The molecule has 1 amide bonds. The molecule has 0 aliphatic rings. The van der Waals surface area contributed by atoms with Gasteiger partial charge in [0.05, 0.1) is 18.0 Å². The van der Waals surface area contributed by atoms with E-state index in [4.69, 9.17) is 5.11 Å². The SMILES string of the molecule is Cc1nc(C(C)C(=O)Nc2ccccc2)sc1CCC(=O)O. The van der Waals surface area contributed by atoms with Crippen LogP contribution in [0.3, 0.4) is 0 Å². The van der Waals surface area contributed by atoms with Gasteiger partial charge < -0.3 is 10.4 Å². The van der Waals surface area contributed by atoms with E-state index in [0.29, 0.717) is 11.4 Å². The number of nitrogens with one attached hydrogen (secondary N) is 1. The van der Waals surface area contributed by atoms with Crippen LogP contribution in [0.4, 0.5) is 5.69 Å². The lowest BCUT2D eigenvalue weighted by molar-refractivity contribution is -0.136. The lowest BCUT2D eigenvalue weighted by Crippen LogP contribution is -2.18. The molecule has 0 spiro atoms. The Morgan fingerprint density at radius 2 is 2.00 bits per heavy atom. The Morgan fingerprint density at radius 3 is 2.64 bits per heavy atom. The second-order valence-corrected chi connectivity index (χ2v) is 6.15. The van der Waals surface area contributed by atoms with Crippen molar-refractivity contribution in [2.24, 2.45) is 0 Å². The van der Waals surface area contributed by atoms with Gasteiger partial charge in [0, 0.05) is 10.6 Å². The summed E-state index contributed by atoms with van der Waals surface area (Å²) < 4.78 is 0. The monoisotopic (exact) mass is 318 g/mol. The number of carboxylic acids is 1. The number of nitrogens with zero attached hydrogens (tertiary/aromatic N) is 1. The van der Waals surface area contributed by atoms with Gasteiger partial charge >= 0.3 is 5.97 Å². The standard InChI is InChI=1S/C16H18N2O3S/c1-10(15(21)18-12-6-4-3-5-7-12)16-17-11(2)13(22-16)8-9-14(19)20/h3-7,10H,8-9H2,1-2H3,(H,18,21)(H,19,20). The number of benzene rings is 1. The molecular weight excluding hydrogens is 300 g/mol. The molecule has 22 heavy (non-hydrogen) atoms. The minimum absolute atomic E-state index is 0.0765. The molecule has 0 fully saturated rings. The van der Waals surface area contributed by atoms with E-state index in [-0.39, 0.29) is 18.2 Å². The number of hydrogen-bond donors (Lipinski definition) is 2. The lowest BCUT2D eigenvalue weighted by atomic mass is 10.1. The van der Waals surface area contributed by atoms with Gasteiger partial charge in [0.1, 0.15) is 5.01 Å². The molecular formula is C16H18N2O3S. The third-order valence-corrected chi connectivity index (χ3v) is 4.68. The highest BCUT2D eigenvalue weighted by Crippen LogP contribution is 2.27. The zero-order valence-corrected chi connectivity index (χ0v) is 13.3. The van der Waals surface area contributed by atoms with E-state index in [9.17, 15) is 9.59 Å². The Bertz CT molecular complexity index is 667. The summed E-state index contributed by atoms with van der Waals surface area (Å²) in [6.07, 6.45) is 0.527. The molecule has 6 heteroatoms. The molecule has 5 nitrogen and oxygen atoms in total. The maximum Gasteiger partial charge on any atom is 0.303 e. The summed E-state index contributed by atoms with van der Waals surface area (Å²) >= 11 is 1.41. The summed E-state index contributed by atoms with van der Waals surface area (Å²) in [7, 11) is 0. The van der Waals surface area contributed by atoms with E-state index in [1.165, 1.54) is 11.3 Å². The average molecular weight is 318 g/mol. The Balaban J connectivity index is 2.05. The van der Waals surface area contributed by atoms with Crippen LogP contribution in [-0.4, -0.2) is 22.0 Å².